The Morgan fingerprint density at radius 2 is 2.10 bits per heavy atom. The molecule has 1 atom stereocenters. The molecule has 0 spiro atoms. The number of hydrogen-bond donors (Lipinski definition) is 0. The van der Waals surface area contributed by atoms with E-state index in [1.54, 1.807) is 42.1 Å². The molecule has 0 fully saturated rings. The van der Waals surface area contributed by atoms with Crippen LogP contribution in [0.1, 0.15) is 26.2 Å². The Labute approximate surface area is 119 Å². The standard InChI is InChI=1S/C14H19NO4S/c1-2-19-14(16)12-7-3-4-8-13(12)20(17,18)11-15-9-5-6-10-15/h5-7,9-10,13H,2-4,8,11H2,1H3. The fourth-order valence-electron chi connectivity index (χ4n) is 2.40. The van der Waals surface area contributed by atoms with E-state index in [4.69, 9.17) is 4.74 Å². The summed E-state index contributed by atoms with van der Waals surface area (Å²) in [5.74, 6) is -0.616. The first kappa shape index (κ1) is 14.8. The maximum atomic E-state index is 12.5. The zero-order valence-corrected chi connectivity index (χ0v) is 12.3. The van der Waals surface area contributed by atoms with Gasteiger partial charge in [-0.3, -0.25) is 0 Å². The van der Waals surface area contributed by atoms with Crippen molar-refractivity contribution in [2.45, 2.75) is 37.3 Å². The molecule has 110 valence electrons. The lowest BCUT2D eigenvalue weighted by Crippen LogP contribution is -2.32. The van der Waals surface area contributed by atoms with Gasteiger partial charge in [0, 0.05) is 12.4 Å². The topological polar surface area (TPSA) is 65.4 Å². The highest BCUT2D eigenvalue weighted by Crippen LogP contribution is 2.27. The summed E-state index contributed by atoms with van der Waals surface area (Å²) in [4.78, 5) is 11.9. The van der Waals surface area contributed by atoms with Crippen molar-refractivity contribution in [2.24, 2.45) is 0 Å². The Morgan fingerprint density at radius 1 is 1.40 bits per heavy atom. The third-order valence-electron chi connectivity index (χ3n) is 3.32. The smallest absolute Gasteiger partial charge is 0.335 e. The van der Waals surface area contributed by atoms with Crippen LogP contribution >= 0.6 is 0 Å². The highest BCUT2D eigenvalue weighted by molar-refractivity contribution is 7.91. The van der Waals surface area contributed by atoms with Crippen molar-refractivity contribution in [3.05, 3.63) is 36.2 Å². The van der Waals surface area contributed by atoms with E-state index < -0.39 is 21.1 Å². The van der Waals surface area contributed by atoms with Gasteiger partial charge in [-0.15, -0.1) is 0 Å². The number of ether oxygens (including phenoxy) is 1. The molecule has 0 amide bonds. The van der Waals surface area contributed by atoms with Gasteiger partial charge in [0.05, 0.1) is 17.4 Å². The minimum absolute atomic E-state index is 0.110. The van der Waals surface area contributed by atoms with Crippen LogP contribution in [-0.4, -0.2) is 30.8 Å². The third kappa shape index (κ3) is 3.30. The first-order valence-electron chi connectivity index (χ1n) is 6.74. The summed E-state index contributed by atoms with van der Waals surface area (Å²) in [5, 5.41) is -0.752. The number of sulfone groups is 1. The van der Waals surface area contributed by atoms with Crippen LogP contribution in [0.2, 0.25) is 0 Å². The molecule has 1 aliphatic carbocycles. The minimum atomic E-state index is -3.42. The van der Waals surface area contributed by atoms with Crippen LogP contribution in [0.15, 0.2) is 36.2 Å². The first-order chi connectivity index (χ1) is 9.54. The molecular weight excluding hydrogens is 278 g/mol. The highest BCUT2D eigenvalue weighted by Gasteiger charge is 2.34. The molecule has 1 unspecified atom stereocenters. The van der Waals surface area contributed by atoms with Crippen molar-refractivity contribution in [3.8, 4) is 0 Å². The van der Waals surface area contributed by atoms with Crippen LogP contribution < -0.4 is 0 Å². The van der Waals surface area contributed by atoms with Crippen molar-refractivity contribution in [1.82, 2.24) is 4.57 Å². The molecule has 0 aliphatic heterocycles. The molecule has 0 saturated carbocycles. The van der Waals surface area contributed by atoms with Gasteiger partial charge in [0.1, 0.15) is 5.88 Å². The van der Waals surface area contributed by atoms with Gasteiger partial charge >= 0.3 is 5.97 Å². The van der Waals surface area contributed by atoms with Crippen LogP contribution in [-0.2, 0) is 25.2 Å². The number of carbonyl (C=O) groups is 1. The Kier molecular flexibility index (Phi) is 4.65. The third-order valence-corrected chi connectivity index (χ3v) is 5.34. The average Bonchev–Trinajstić information content (AvgIpc) is 2.91. The molecule has 0 saturated heterocycles. The number of aromatic nitrogens is 1. The number of esters is 1. The molecule has 5 nitrogen and oxygen atoms in total. The molecular formula is C14H19NO4S. The zero-order chi connectivity index (χ0) is 14.6. The van der Waals surface area contributed by atoms with E-state index in [9.17, 15) is 13.2 Å². The van der Waals surface area contributed by atoms with E-state index in [2.05, 4.69) is 0 Å². The first-order valence-corrected chi connectivity index (χ1v) is 8.45. The monoisotopic (exact) mass is 297 g/mol. The summed E-state index contributed by atoms with van der Waals surface area (Å²) in [6, 6.07) is 3.55. The van der Waals surface area contributed by atoms with E-state index in [1.165, 1.54) is 0 Å². The summed E-state index contributed by atoms with van der Waals surface area (Å²) in [6.45, 7) is 1.96. The molecule has 1 aromatic heterocycles. The predicted molar refractivity (Wildman–Crippen MR) is 75.7 cm³/mol. The second kappa shape index (κ2) is 6.26. The number of nitrogens with zero attached hydrogens (tertiary/aromatic N) is 1. The zero-order valence-electron chi connectivity index (χ0n) is 11.5. The van der Waals surface area contributed by atoms with E-state index in [1.807, 2.05) is 0 Å². The van der Waals surface area contributed by atoms with Gasteiger partial charge in [-0.1, -0.05) is 6.08 Å². The van der Waals surface area contributed by atoms with E-state index in [0.717, 1.165) is 12.8 Å². The Morgan fingerprint density at radius 3 is 2.75 bits per heavy atom. The second-order valence-corrected chi connectivity index (χ2v) is 6.94. The number of allylic oxidation sites excluding steroid dienone is 1. The largest absolute Gasteiger partial charge is 0.463 e. The highest BCUT2D eigenvalue weighted by atomic mass is 32.2. The van der Waals surface area contributed by atoms with Crippen molar-refractivity contribution in [3.63, 3.8) is 0 Å². The van der Waals surface area contributed by atoms with Gasteiger partial charge < -0.3 is 9.30 Å². The van der Waals surface area contributed by atoms with Crippen LogP contribution in [0.4, 0.5) is 0 Å². The Balaban J connectivity index is 2.22. The molecule has 0 radical (unpaired) electrons. The maximum Gasteiger partial charge on any atom is 0.335 e. The molecule has 6 heteroatoms. The average molecular weight is 297 g/mol. The molecule has 20 heavy (non-hydrogen) atoms. The van der Waals surface area contributed by atoms with Crippen molar-refractivity contribution < 1.29 is 17.9 Å². The van der Waals surface area contributed by atoms with Gasteiger partial charge in [-0.05, 0) is 38.3 Å². The normalized spacial score (nSPS) is 19.4. The summed E-state index contributed by atoms with van der Waals surface area (Å²) in [7, 11) is -3.42. The predicted octanol–water partition coefficient (Wildman–Crippen LogP) is 1.90. The van der Waals surface area contributed by atoms with Crippen molar-refractivity contribution in [1.29, 1.82) is 0 Å². The molecule has 0 N–H and O–H groups in total. The molecule has 1 heterocycles. The Hall–Kier alpha value is -1.56. The molecule has 2 rings (SSSR count). The lowest BCUT2D eigenvalue weighted by Gasteiger charge is -2.23. The summed E-state index contributed by atoms with van der Waals surface area (Å²) >= 11 is 0. The number of carbonyl (C=O) groups excluding carboxylic acids is 1. The van der Waals surface area contributed by atoms with Crippen LogP contribution in [0.3, 0.4) is 0 Å². The van der Waals surface area contributed by atoms with Gasteiger partial charge in [0.25, 0.3) is 0 Å². The molecule has 0 aromatic carbocycles. The summed E-state index contributed by atoms with van der Waals surface area (Å²) < 4.78 is 31.6. The van der Waals surface area contributed by atoms with E-state index in [-0.39, 0.29) is 12.5 Å². The second-order valence-electron chi connectivity index (χ2n) is 4.79. The number of hydrogen-bond acceptors (Lipinski definition) is 4. The summed E-state index contributed by atoms with van der Waals surface area (Å²) in [6.07, 6.45) is 7.10. The maximum absolute atomic E-state index is 12.5. The molecule has 0 bridgehead atoms. The molecule has 1 aromatic rings. The van der Waals surface area contributed by atoms with Crippen molar-refractivity contribution in [2.75, 3.05) is 6.61 Å². The van der Waals surface area contributed by atoms with Gasteiger partial charge in [0.2, 0.25) is 0 Å². The fraction of sp³-hybridized carbons (Fsp3) is 0.500. The van der Waals surface area contributed by atoms with Crippen LogP contribution in [0, 0.1) is 0 Å². The molecule has 1 aliphatic rings. The minimum Gasteiger partial charge on any atom is -0.463 e. The number of rotatable bonds is 5. The lowest BCUT2D eigenvalue weighted by molar-refractivity contribution is -0.138. The SMILES string of the molecule is CCOC(=O)C1=CCCCC1S(=O)(=O)Cn1cccc1. The van der Waals surface area contributed by atoms with E-state index >= 15 is 0 Å². The summed E-state index contributed by atoms with van der Waals surface area (Å²) in [5.41, 5.74) is 0.297. The quantitative estimate of drug-likeness (QED) is 0.779. The van der Waals surface area contributed by atoms with Gasteiger partial charge in [-0.2, -0.15) is 0 Å². The van der Waals surface area contributed by atoms with Crippen LogP contribution in [0.5, 0.6) is 0 Å². The Bertz CT molecular complexity index is 587. The van der Waals surface area contributed by atoms with E-state index in [0.29, 0.717) is 12.0 Å². The lowest BCUT2D eigenvalue weighted by atomic mass is 9.99. The van der Waals surface area contributed by atoms with Gasteiger partial charge in [0.15, 0.2) is 9.84 Å². The van der Waals surface area contributed by atoms with Crippen molar-refractivity contribution >= 4 is 15.8 Å². The van der Waals surface area contributed by atoms with Gasteiger partial charge in [-0.25, -0.2) is 13.2 Å². The fourth-order valence-corrected chi connectivity index (χ4v) is 4.28. The van der Waals surface area contributed by atoms with Crippen LogP contribution in [0.25, 0.3) is 0 Å².